The zero-order valence-corrected chi connectivity index (χ0v) is 10.1. The lowest BCUT2D eigenvalue weighted by Gasteiger charge is -2.21. The summed E-state index contributed by atoms with van der Waals surface area (Å²) < 4.78 is 0. The summed E-state index contributed by atoms with van der Waals surface area (Å²) in [5.74, 6) is 0.384. The Kier molecular flexibility index (Phi) is 8.09. The van der Waals surface area contributed by atoms with E-state index in [9.17, 15) is 4.79 Å². The molecule has 4 nitrogen and oxygen atoms in total. The molecule has 0 aliphatic heterocycles. The van der Waals surface area contributed by atoms with E-state index in [0.717, 1.165) is 25.9 Å². The Morgan fingerprint density at radius 2 is 1.93 bits per heavy atom. The molecular weight excluding hydrogens is 192 g/mol. The number of urea groups is 1. The van der Waals surface area contributed by atoms with Gasteiger partial charge in [0, 0.05) is 26.2 Å². The van der Waals surface area contributed by atoms with Crippen molar-refractivity contribution < 1.29 is 9.90 Å². The van der Waals surface area contributed by atoms with E-state index in [-0.39, 0.29) is 12.6 Å². The number of amides is 2. The van der Waals surface area contributed by atoms with Crippen LogP contribution in [-0.4, -0.2) is 42.3 Å². The molecule has 1 unspecified atom stereocenters. The number of aliphatic hydroxyl groups is 1. The quantitative estimate of drug-likeness (QED) is 0.676. The van der Waals surface area contributed by atoms with Crippen LogP contribution in [0.5, 0.6) is 0 Å². The molecule has 15 heavy (non-hydrogen) atoms. The highest BCUT2D eigenvalue weighted by atomic mass is 16.3. The third-order valence-electron chi connectivity index (χ3n) is 2.71. The van der Waals surface area contributed by atoms with Crippen LogP contribution in [0.15, 0.2) is 0 Å². The molecule has 0 aromatic heterocycles. The second kappa shape index (κ2) is 8.53. The van der Waals surface area contributed by atoms with E-state index in [1.165, 1.54) is 0 Å². The Labute approximate surface area is 92.7 Å². The van der Waals surface area contributed by atoms with Gasteiger partial charge in [-0.05, 0) is 26.2 Å². The molecule has 0 heterocycles. The number of hydrogen-bond acceptors (Lipinski definition) is 2. The van der Waals surface area contributed by atoms with Gasteiger partial charge in [-0.25, -0.2) is 4.79 Å². The van der Waals surface area contributed by atoms with Crippen molar-refractivity contribution in [2.24, 2.45) is 5.92 Å². The van der Waals surface area contributed by atoms with Crippen LogP contribution >= 0.6 is 0 Å². The van der Waals surface area contributed by atoms with Gasteiger partial charge in [0.1, 0.15) is 0 Å². The lowest BCUT2D eigenvalue weighted by atomic mass is 10.0. The molecule has 0 aliphatic rings. The molecule has 0 saturated carbocycles. The van der Waals surface area contributed by atoms with Gasteiger partial charge in [-0.3, -0.25) is 0 Å². The van der Waals surface area contributed by atoms with Crippen LogP contribution in [-0.2, 0) is 0 Å². The number of carbonyl (C=O) groups is 1. The fourth-order valence-electron chi connectivity index (χ4n) is 1.49. The lowest BCUT2D eigenvalue weighted by molar-refractivity contribution is 0.198. The van der Waals surface area contributed by atoms with Gasteiger partial charge >= 0.3 is 6.03 Å². The van der Waals surface area contributed by atoms with Gasteiger partial charge in [-0.2, -0.15) is 0 Å². The molecule has 0 radical (unpaired) electrons. The molecular formula is C11H24N2O2. The highest BCUT2D eigenvalue weighted by molar-refractivity contribution is 5.74. The molecule has 2 amide bonds. The number of nitrogens with zero attached hydrogens (tertiary/aromatic N) is 1. The zero-order valence-electron chi connectivity index (χ0n) is 10.1. The second-order valence-corrected chi connectivity index (χ2v) is 3.64. The highest BCUT2D eigenvalue weighted by Crippen LogP contribution is 2.05. The molecule has 0 bridgehead atoms. The third kappa shape index (κ3) is 5.62. The van der Waals surface area contributed by atoms with E-state index in [4.69, 9.17) is 5.11 Å². The van der Waals surface area contributed by atoms with Crippen molar-refractivity contribution in [1.82, 2.24) is 10.2 Å². The second-order valence-electron chi connectivity index (χ2n) is 3.64. The van der Waals surface area contributed by atoms with E-state index in [1.807, 2.05) is 13.8 Å². The molecule has 0 rings (SSSR count). The molecule has 0 aromatic carbocycles. The summed E-state index contributed by atoms with van der Waals surface area (Å²) in [5, 5.41) is 11.7. The first-order chi connectivity index (χ1) is 7.19. The smallest absolute Gasteiger partial charge is 0.317 e. The minimum atomic E-state index is -0.00334. The van der Waals surface area contributed by atoms with E-state index >= 15 is 0 Å². The van der Waals surface area contributed by atoms with E-state index in [0.29, 0.717) is 12.5 Å². The first-order valence-electron chi connectivity index (χ1n) is 5.83. The maximum atomic E-state index is 11.6. The van der Waals surface area contributed by atoms with E-state index < -0.39 is 0 Å². The van der Waals surface area contributed by atoms with Crippen molar-refractivity contribution in [2.45, 2.75) is 33.6 Å². The van der Waals surface area contributed by atoms with Crippen molar-refractivity contribution in [2.75, 3.05) is 26.2 Å². The van der Waals surface area contributed by atoms with Crippen molar-refractivity contribution >= 4 is 6.03 Å². The standard InChI is InChI=1S/C11H24N2O2/c1-4-10(7-8-14)9-12-11(15)13(5-2)6-3/h10,14H,4-9H2,1-3H3,(H,12,15). The fraction of sp³-hybridized carbons (Fsp3) is 0.909. The van der Waals surface area contributed by atoms with Gasteiger partial charge in [-0.15, -0.1) is 0 Å². The molecule has 4 heteroatoms. The number of carbonyl (C=O) groups excluding carboxylic acids is 1. The minimum absolute atomic E-state index is 0.00334. The van der Waals surface area contributed by atoms with Crippen molar-refractivity contribution in [1.29, 1.82) is 0 Å². The third-order valence-corrected chi connectivity index (χ3v) is 2.71. The normalized spacial score (nSPS) is 12.3. The van der Waals surface area contributed by atoms with Gasteiger partial charge in [0.25, 0.3) is 0 Å². The average Bonchev–Trinajstić information content (AvgIpc) is 2.25. The van der Waals surface area contributed by atoms with Crippen LogP contribution in [0.2, 0.25) is 0 Å². The van der Waals surface area contributed by atoms with Gasteiger partial charge in [0.05, 0.1) is 0 Å². The molecule has 0 aromatic rings. The van der Waals surface area contributed by atoms with Gasteiger partial charge < -0.3 is 15.3 Å². The summed E-state index contributed by atoms with van der Waals surface area (Å²) in [7, 11) is 0. The van der Waals surface area contributed by atoms with Crippen LogP contribution in [0.3, 0.4) is 0 Å². The Bertz CT molecular complexity index is 170. The summed E-state index contributed by atoms with van der Waals surface area (Å²) in [5.41, 5.74) is 0. The minimum Gasteiger partial charge on any atom is -0.396 e. The van der Waals surface area contributed by atoms with Crippen LogP contribution in [0.1, 0.15) is 33.6 Å². The summed E-state index contributed by atoms with van der Waals surface area (Å²) >= 11 is 0. The van der Waals surface area contributed by atoms with Crippen molar-refractivity contribution in [3.63, 3.8) is 0 Å². The Morgan fingerprint density at radius 3 is 2.33 bits per heavy atom. The maximum Gasteiger partial charge on any atom is 0.317 e. The molecule has 0 aliphatic carbocycles. The van der Waals surface area contributed by atoms with Crippen molar-refractivity contribution in [3.8, 4) is 0 Å². The maximum absolute atomic E-state index is 11.6. The molecule has 1 atom stereocenters. The first-order valence-corrected chi connectivity index (χ1v) is 5.83. The summed E-state index contributed by atoms with van der Waals surface area (Å²) in [4.78, 5) is 13.3. The SMILES string of the molecule is CCC(CCO)CNC(=O)N(CC)CC. The predicted octanol–water partition coefficient (Wildman–Crippen LogP) is 1.45. The van der Waals surface area contributed by atoms with Crippen molar-refractivity contribution in [3.05, 3.63) is 0 Å². The Morgan fingerprint density at radius 1 is 1.33 bits per heavy atom. The fourth-order valence-corrected chi connectivity index (χ4v) is 1.49. The van der Waals surface area contributed by atoms with Crippen LogP contribution in [0.25, 0.3) is 0 Å². The van der Waals surface area contributed by atoms with Gasteiger partial charge in [0.2, 0.25) is 0 Å². The number of aliphatic hydroxyl groups excluding tert-OH is 1. The molecule has 90 valence electrons. The summed E-state index contributed by atoms with van der Waals surface area (Å²) in [6, 6.07) is -0.00334. The summed E-state index contributed by atoms with van der Waals surface area (Å²) in [6.45, 7) is 8.33. The lowest BCUT2D eigenvalue weighted by Crippen LogP contribution is -2.41. The van der Waals surface area contributed by atoms with Gasteiger partial charge in [-0.1, -0.05) is 13.3 Å². The zero-order chi connectivity index (χ0) is 11.7. The number of rotatable bonds is 7. The topological polar surface area (TPSA) is 52.6 Å². The Balaban J connectivity index is 3.85. The average molecular weight is 216 g/mol. The molecule has 0 spiro atoms. The van der Waals surface area contributed by atoms with E-state index in [1.54, 1.807) is 4.90 Å². The number of nitrogens with one attached hydrogen (secondary N) is 1. The predicted molar refractivity (Wildman–Crippen MR) is 61.8 cm³/mol. The summed E-state index contributed by atoms with van der Waals surface area (Å²) in [6.07, 6.45) is 1.74. The molecule has 2 N–H and O–H groups in total. The highest BCUT2D eigenvalue weighted by Gasteiger charge is 2.11. The largest absolute Gasteiger partial charge is 0.396 e. The van der Waals surface area contributed by atoms with Crippen LogP contribution in [0.4, 0.5) is 4.79 Å². The Hall–Kier alpha value is -0.770. The molecule has 0 fully saturated rings. The van der Waals surface area contributed by atoms with E-state index in [2.05, 4.69) is 12.2 Å². The van der Waals surface area contributed by atoms with Crippen LogP contribution < -0.4 is 5.32 Å². The number of hydrogen-bond donors (Lipinski definition) is 2. The van der Waals surface area contributed by atoms with Crippen LogP contribution in [0, 0.1) is 5.92 Å². The first kappa shape index (κ1) is 14.2. The monoisotopic (exact) mass is 216 g/mol. The molecule has 0 saturated heterocycles. The van der Waals surface area contributed by atoms with Gasteiger partial charge in [0.15, 0.2) is 0 Å².